The summed E-state index contributed by atoms with van der Waals surface area (Å²) in [5.74, 6) is 0.921. The van der Waals surface area contributed by atoms with Gasteiger partial charge >= 0.3 is 0 Å². The molecule has 5 rings (SSSR count). The molecule has 2 aliphatic rings. The van der Waals surface area contributed by atoms with Crippen LogP contribution in [0.3, 0.4) is 0 Å². The molecule has 0 unspecified atom stereocenters. The monoisotopic (exact) mass is 435 g/mol. The minimum absolute atomic E-state index is 0.111. The Morgan fingerprint density at radius 2 is 2.06 bits per heavy atom. The molecule has 166 valence electrons. The van der Waals surface area contributed by atoms with E-state index in [9.17, 15) is 9.18 Å². The number of anilines is 3. The summed E-state index contributed by atoms with van der Waals surface area (Å²) in [4.78, 5) is 30.4. The summed E-state index contributed by atoms with van der Waals surface area (Å²) < 4.78 is 14.5. The molecule has 0 saturated carbocycles. The number of hydrogen-bond acceptors (Lipinski definition) is 6. The maximum atomic E-state index is 14.5. The molecule has 0 aromatic carbocycles. The number of carbonyl (C=O) groups excluding carboxylic acids is 1. The molecule has 1 amide bonds. The number of aromatic amines is 1. The van der Waals surface area contributed by atoms with Gasteiger partial charge in [-0.3, -0.25) is 4.79 Å². The van der Waals surface area contributed by atoms with Gasteiger partial charge in [0.05, 0.1) is 29.3 Å². The van der Waals surface area contributed by atoms with Gasteiger partial charge in [0.25, 0.3) is 5.91 Å². The summed E-state index contributed by atoms with van der Waals surface area (Å²) in [6, 6.07) is 5.54. The number of carbonyl (C=O) groups is 1. The van der Waals surface area contributed by atoms with Gasteiger partial charge in [0, 0.05) is 31.7 Å². The van der Waals surface area contributed by atoms with E-state index < -0.39 is 5.82 Å². The largest absolute Gasteiger partial charge is 0.370 e. The molecular weight excluding hydrogens is 409 g/mol. The van der Waals surface area contributed by atoms with Gasteiger partial charge in [0.15, 0.2) is 5.82 Å². The molecule has 2 aliphatic heterocycles. The highest BCUT2D eigenvalue weighted by atomic mass is 19.1. The van der Waals surface area contributed by atoms with Crippen LogP contribution < -0.4 is 15.5 Å². The van der Waals surface area contributed by atoms with E-state index in [2.05, 4.69) is 42.4 Å². The molecule has 0 spiro atoms. The van der Waals surface area contributed by atoms with Gasteiger partial charge in [-0.25, -0.2) is 19.3 Å². The van der Waals surface area contributed by atoms with Crippen molar-refractivity contribution in [1.82, 2.24) is 25.3 Å². The third-order valence-electron chi connectivity index (χ3n) is 6.35. The number of aromatic nitrogens is 4. The molecule has 3 aromatic rings. The SMILES string of the molecule is CCC1CCN(c2ccc(Nc3ncc(F)c(-c4cc5c([nH]4)CCNC5=O)n3)nc2)CC1. The van der Waals surface area contributed by atoms with Gasteiger partial charge in [-0.2, -0.15) is 0 Å². The number of pyridine rings is 1. The van der Waals surface area contributed by atoms with Crippen molar-refractivity contribution in [3.05, 3.63) is 47.7 Å². The fourth-order valence-electron chi connectivity index (χ4n) is 4.40. The van der Waals surface area contributed by atoms with E-state index >= 15 is 0 Å². The lowest BCUT2D eigenvalue weighted by Gasteiger charge is -2.33. The standard InChI is InChI=1S/C23H26FN7O/c1-2-14-6-9-31(10-7-14)15-3-4-20(26-12-15)29-23-27-13-17(24)21(30-23)19-11-16-18(28-19)5-8-25-22(16)32/h3-4,11-14,28H,2,5-10H2,1H3,(H,25,32)(H,26,27,29,30). The second kappa shape index (κ2) is 8.57. The molecule has 1 saturated heterocycles. The maximum absolute atomic E-state index is 14.5. The van der Waals surface area contributed by atoms with Gasteiger partial charge in [0.1, 0.15) is 11.5 Å². The predicted molar refractivity (Wildman–Crippen MR) is 121 cm³/mol. The van der Waals surface area contributed by atoms with Crippen LogP contribution in [0.4, 0.5) is 21.8 Å². The fraction of sp³-hybridized carbons (Fsp3) is 0.391. The zero-order chi connectivity index (χ0) is 22.1. The number of nitrogens with one attached hydrogen (secondary N) is 3. The summed E-state index contributed by atoms with van der Waals surface area (Å²) in [6.45, 7) is 4.92. The van der Waals surface area contributed by atoms with E-state index in [0.717, 1.165) is 36.6 Å². The van der Waals surface area contributed by atoms with Gasteiger partial charge in [-0.1, -0.05) is 13.3 Å². The van der Waals surface area contributed by atoms with Gasteiger partial charge in [-0.05, 0) is 37.0 Å². The molecule has 8 nitrogen and oxygen atoms in total. The lowest BCUT2D eigenvalue weighted by Crippen LogP contribution is -2.33. The smallest absolute Gasteiger partial charge is 0.253 e. The molecule has 3 aromatic heterocycles. The van der Waals surface area contributed by atoms with Crippen LogP contribution in [-0.4, -0.2) is 45.5 Å². The van der Waals surface area contributed by atoms with Crippen molar-refractivity contribution in [3.8, 4) is 11.4 Å². The summed E-state index contributed by atoms with van der Waals surface area (Å²) in [7, 11) is 0. The summed E-state index contributed by atoms with van der Waals surface area (Å²) in [6.07, 6.45) is 7.31. The first-order chi connectivity index (χ1) is 15.6. The van der Waals surface area contributed by atoms with Crippen LogP contribution in [0.5, 0.6) is 0 Å². The van der Waals surface area contributed by atoms with Crippen molar-refractivity contribution in [2.45, 2.75) is 32.6 Å². The van der Waals surface area contributed by atoms with Crippen LogP contribution in [0, 0.1) is 11.7 Å². The number of nitrogens with zero attached hydrogens (tertiary/aromatic N) is 4. The Morgan fingerprint density at radius 3 is 2.78 bits per heavy atom. The number of piperidine rings is 1. The molecule has 0 bridgehead atoms. The molecule has 0 aliphatic carbocycles. The first kappa shape index (κ1) is 20.4. The summed E-state index contributed by atoms with van der Waals surface area (Å²) in [5, 5.41) is 5.83. The predicted octanol–water partition coefficient (Wildman–Crippen LogP) is 3.66. The molecule has 0 radical (unpaired) electrons. The Morgan fingerprint density at radius 1 is 1.22 bits per heavy atom. The first-order valence-corrected chi connectivity index (χ1v) is 11.1. The Balaban J connectivity index is 1.32. The average molecular weight is 436 g/mol. The Bertz CT molecular complexity index is 1120. The maximum Gasteiger partial charge on any atom is 0.253 e. The Kier molecular flexibility index (Phi) is 5.46. The van der Waals surface area contributed by atoms with E-state index in [-0.39, 0.29) is 17.5 Å². The second-order valence-electron chi connectivity index (χ2n) is 8.34. The van der Waals surface area contributed by atoms with Crippen molar-refractivity contribution in [2.24, 2.45) is 5.92 Å². The van der Waals surface area contributed by atoms with Crippen LogP contribution in [-0.2, 0) is 6.42 Å². The molecule has 1 fully saturated rings. The first-order valence-electron chi connectivity index (χ1n) is 11.1. The van der Waals surface area contributed by atoms with Crippen molar-refractivity contribution in [2.75, 3.05) is 29.9 Å². The topological polar surface area (TPSA) is 98.8 Å². The molecule has 9 heteroatoms. The minimum atomic E-state index is -0.562. The van der Waals surface area contributed by atoms with E-state index in [1.165, 1.54) is 19.3 Å². The average Bonchev–Trinajstić information content (AvgIpc) is 3.26. The van der Waals surface area contributed by atoms with Crippen LogP contribution in [0.25, 0.3) is 11.4 Å². The quantitative estimate of drug-likeness (QED) is 0.566. The lowest BCUT2D eigenvalue weighted by atomic mass is 9.94. The fourth-order valence-corrected chi connectivity index (χ4v) is 4.40. The van der Waals surface area contributed by atoms with Crippen molar-refractivity contribution in [3.63, 3.8) is 0 Å². The van der Waals surface area contributed by atoms with Gasteiger partial charge in [-0.15, -0.1) is 0 Å². The van der Waals surface area contributed by atoms with Crippen LogP contribution in [0.2, 0.25) is 0 Å². The zero-order valence-corrected chi connectivity index (χ0v) is 18.0. The number of H-pyrrole nitrogens is 1. The number of fused-ring (bicyclic) bond motifs is 1. The molecule has 5 heterocycles. The van der Waals surface area contributed by atoms with Gasteiger partial charge < -0.3 is 20.5 Å². The minimum Gasteiger partial charge on any atom is -0.370 e. The van der Waals surface area contributed by atoms with Crippen molar-refractivity contribution in [1.29, 1.82) is 0 Å². The van der Waals surface area contributed by atoms with Crippen molar-refractivity contribution < 1.29 is 9.18 Å². The number of amides is 1. The third kappa shape index (κ3) is 4.02. The van der Waals surface area contributed by atoms with E-state index in [0.29, 0.717) is 30.0 Å². The highest BCUT2D eigenvalue weighted by molar-refractivity contribution is 5.97. The van der Waals surface area contributed by atoms with Crippen LogP contribution >= 0.6 is 0 Å². The number of hydrogen-bond donors (Lipinski definition) is 3. The molecule has 0 atom stereocenters. The highest BCUT2D eigenvalue weighted by Crippen LogP contribution is 2.27. The molecular formula is C23H26FN7O. The number of halogens is 1. The normalized spacial score (nSPS) is 16.6. The van der Waals surface area contributed by atoms with E-state index in [1.807, 2.05) is 18.3 Å². The van der Waals surface area contributed by atoms with E-state index in [4.69, 9.17) is 0 Å². The lowest BCUT2D eigenvalue weighted by molar-refractivity contribution is 0.0946. The van der Waals surface area contributed by atoms with Crippen LogP contribution in [0.1, 0.15) is 42.2 Å². The van der Waals surface area contributed by atoms with Gasteiger partial charge in [0.2, 0.25) is 5.95 Å². The molecule has 3 N–H and O–H groups in total. The Labute approximate surface area is 185 Å². The third-order valence-corrected chi connectivity index (χ3v) is 6.35. The van der Waals surface area contributed by atoms with Crippen LogP contribution in [0.15, 0.2) is 30.6 Å². The van der Waals surface area contributed by atoms with Crippen molar-refractivity contribution >= 4 is 23.4 Å². The molecule has 32 heavy (non-hydrogen) atoms. The highest BCUT2D eigenvalue weighted by Gasteiger charge is 2.22. The number of rotatable bonds is 5. The zero-order valence-electron chi connectivity index (χ0n) is 18.0. The van der Waals surface area contributed by atoms with E-state index in [1.54, 1.807) is 6.07 Å². The summed E-state index contributed by atoms with van der Waals surface area (Å²) in [5.41, 5.74) is 2.98. The Hall–Kier alpha value is -3.49. The summed E-state index contributed by atoms with van der Waals surface area (Å²) >= 11 is 0. The second-order valence-corrected chi connectivity index (χ2v) is 8.34.